The Morgan fingerprint density at radius 1 is 0.906 bits per heavy atom. The molecule has 3 heterocycles. The molecule has 0 aliphatic heterocycles. The maximum absolute atomic E-state index is 13.4. The van der Waals surface area contributed by atoms with Gasteiger partial charge in [-0.15, -0.1) is 21.6 Å². The van der Waals surface area contributed by atoms with Gasteiger partial charge in [0.15, 0.2) is 11.4 Å². The third-order valence-corrected chi connectivity index (χ3v) is 5.91. The lowest BCUT2D eigenvalue weighted by atomic mass is 10.1. The van der Waals surface area contributed by atoms with Crippen molar-refractivity contribution in [1.82, 2.24) is 9.36 Å². The fourth-order valence-electron chi connectivity index (χ4n) is 3.65. The Kier molecular flexibility index (Phi) is 6.99. The molecule has 10 heteroatoms. The van der Waals surface area contributed by atoms with E-state index >= 15 is 0 Å². The summed E-state index contributed by atoms with van der Waals surface area (Å²) in [4.78, 5) is 14.6. The molecule has 1 aromatic carbocycles. The van der Waals surface area contributed by atoms with Crippen molar-refractivity contribution in [3.63, 3.8) is 0 Å². The first-order chi connectivity index (χ1) is 15.0. The second-order valence-electron chi connectivity index (χ2n) is 7.13. The minimum absolute atomic E-state index is 0.0127. The largest absolute Gasteiger partial charge is 0.344 e. The molecule has 0 unspecified atom stereocenters. The Morgan fingerprint density at radius 3 is 1.97 bits per heavy atom. The topological polar surface area (TPSA) is 123 Å². The van der Waals surface area contributed by atoms with Crippen LogP contribution >= 0.6 is 11.3 Å². The summed E-state index contributed by atoms with van der Waals surface area (Å²) in [5.74, 6) is 0. The number of hydrogen-bond donors (Lipinski definition) is 0. The van der Waals surface area contributed by atoms with Crippen LogP contribution in [0.25, 0.3) is 21.8 Å². The first-order valence-corrected chi connectivity index (χ1v) is 11.6. The van der Waals surface area contributed by atoms with Crippen molar-refractivity contribution in [2.75, 3.05) is 0 Å². The van der Waals surface area contributed by atoms with Gasteiger partial charge in [-0.1, -0.05) is 24.3 Å². The van der Waals surface area contributed by atoms with E-state index in [0.29, 0.717) is 5.69 Å². The van der Waals surface area contributed by atoms with Crippen LogP contribution in [-0.2, 0) is 7.05 Å². The van der Waals surface area contributed by atoms with Crippen LogP contribution in [0, 0.1) is 31.0 Å². The third kappa shape index (κ3) is 5.16. The van der Waals surface area contributed by atoms with Crippen molar-refractivity contribution in [2.24, 2.45) is 7.05 Å². The van der Waals surface area contributed by atoms with E-state index in [9.17, 15) is 4.79 Å². The molecule has 32 heavy (non-hydrogen) atoms. The number of para-hydroxylation sites is 1. The van der Waals surface area contributed by atoms with Crippen LogP contribution in [0.1, 0.15) is 17.1 Å². The lowest BCUT2D eigenvalue weighted by Crippen LogP contribution is -2.68. The van der Waals surface area contributed by atoms with Crippen molar-refractivity contribution in [1.29, 1.82) is 0 Å². The predicted octanol–water partition coefficient (Wildman–Crippen LogP) is -0.650. The van der Waals surface area contributed by atoms with E-state index < -0.39 is 10.2 Å². The van der Waals surface area contributed by atoms with Gasteiger partial charge in [0.2, 0.25) is 0 Å². The van der Waals surface area contributed by atoms with Crippen molar-refractivity contribution in [3.05, 3.63) is 87.4 Å². The normalized spacial score (nSPS) is 11.2. The Hall–Kier alpha value is -2.79. The minimum Gasteiger partial charge on any atom is -0.278 e. The highest BCUT2D eigenvalue weighted by atomic mass is 35.7. The number of aryl methyl sites for hydroxylation is 2. The van der Waals surface area contributed by atoms with Gasteiger partial charge in [-0.2, -0.15) is 4.57 Å². The van der Waals surface area contributed by atoms with E-state index in [1.165, 1.54) is 10.4 Å². The smallest absolute Gasteiger partial charge is 0.278 e. The van der Waals surface area contributed by atoms with Gasteiger partial charge in [-0.3, -0.25) is 9.48 Å². The molecule has 4 aromatic rings. The SMILES string of the molecule is Cc1c(-[n+]2c(C)cc(-c3cccs3)cc2C)c(=O)n(-c2ccccc2)n1C.[O-][Cl+3]([O-])([O-])[O-]. The molecular formula is C22H22ClN3O5S. The highest BCUT2D eigenvalue weighted by Gasteiger charge is 2.28. The average molecular weight is 476 g/mol. The van der Waals surface area contributed by atoms with Crippen molar-refractivity contribution in [2.45, 2.75) is 20.8 Å². The number of nitrogens with zero attached hydrogens (tertiary/aromatic N) is 3. The standard InChI is InChI=1S/C22H22N3OS.ClHO4/c1-15-13-18(20-11-8-12-27-20)14-16(2)24(15)21-17(3)23(4)25(22(21)26)19-9-6-5-7-10-19;2-1(3,4)5/h5-14H,1-4H3;(H,2,3,4,5)/q+1;/p-1. The van der Waals surface area contributed by atoms with Crippen LogP contribution in [0.5, 0.6) is 0 Å². The molecular weight excluding hydrogens is 454 g/mol. The molecule has 0 aliphatic rings. The van der Waals surface area contributed by atoms with Crippen molar-refractivity contribution in [3.8, 4) is 21.8 Å². The Labute approximate surface area is 191 Å². The molecule has 0 fully saturated rings. The van der Waals surface area contributed by atoms with Crippen molar-refractivity contribution < 1.29 is 33.4 Å². The number of aromatic nitrogens is 3. The van der Waals surface area contributed by atoms with Crippen LogP contribution in [0.4, 0.5) is 0 Å². The summed E-state index contributed by atoms with van der Waals surface area (Å²) in [5, 5.41) is 2.08. The number of rotatable bonds is 3. The summed E-state index contributed by atoms with van der Waals surface area (Å²) in [6.45, 7) is 6.11. The maximum atomic E-state index is 13.4. The number of benzene rings is 1. The third-order valence-electron chi connectivity index (χ3n) is 4.99. The van der Waals surface area contributed by atoms with Gasteiger partial charge in [0.05, 0.1) is 5.69 Å². The van der Waals surface area contributed by atoms with E-state index in [4.69, 9.17) is 18.6 Å². The zero-order valence-electron chi connectivity index (χ0n) is 17.9. The summed E-state index contributed by atoms with van der Waals surface area (Å²) >= 11 is 1.73. The molecule has 0 aliphatic carbocycles. The lowest BCUT2D eigenvalue weighted by Gasteiger charge is -2.17. The molecule has 0 spiro atoms. The average Bonchev–Trinajstić information content (AvgIpc) is 3.30. The first kappa shape index (κ1) is 23.9. The number of hydrogen-bond acceptors (Lipinski definition) is 6. The van der Waals surface area contributed by atoms with E-state index in [1.54, 1.807) is 16.0 Å². The molecule has 0 amide bonds. The zero-order chi connectivity index (χ0) is 23.6. The van der Waals surface area contributed by atoms with E-state index in [1.807, 2.05) is 49.0 Å². The van der Waals surface area contributed by atoms with Crippen LogP contribution < -0.4 is 28.8 Å². The lowest BCUT2D eigenvalue weighted by molar-refractivity contribution is -2.00. The van der Waals surface area contributed by atoms with Gasteiger partial charge < -0.3 is 0 Å². The van der Waals surface area contributed by atoms with Crippen LogP contribution in [-0.4, -0.2) is 9.36 Å². The molecule has 8 nitrogen and oxygen atoms in total. The molecule has 0 saturated carbocycles. The summed E-state index contributed by atoms with van der Waals surface area (Å²) < 4.78 is 39.7. The number of pyridine rings is 1. The summed E-state index contributed by atoms with van der Waals surface area (Å²) in [7, 11) is -3.02. The fraction of sp³-hybridized carbons (Fsp3) is 0.182. The molecule has 168 valence electrons. The molecule has 0 radical (unpaired) electrons. The van der Waals surface area contributed by atoms with Gasteiger partial charge in [-0.05, 0) is 30.5 Å². The highest BCUT2D eigenvalue weighted by molar-refractivity contribution is 7.13. The Balaban J connectivity index is 0.000000523. The maximum Gasteiger partial charge on any atom is 0.344 e. The Morgan fingerprint density at radius 2 is 1.47 bits per heavy atom. The summed E-state index contributed by atoms with van der Waals surface area (Å²) in [6.07, 6.45) is 0. The minimum atomic E-state index is -4.94. The second kappa shape index (κ2) is 9.37. The number of halogens is 1. The molecule has 4 rings (SSSR count). The fourth-order valence-corrected chi connectivity index (χ4v) is 4.36. The van der Waals surface area contributed by atoms with E-state index in [0.717, 1.165) is 22.8 Å². The summed E-state index contributed by atoms with van der Waals surface area (Å²) in [5.41, 5.74) is 5.77. The van der Waals surface area contributed by atoms with Gasteiger partial charge in [-0.25, -0.2) is 23.3 Å². The van der Waals surface area contributed by atoms with Gasteiger partial charge >= 0.3 is 5.56 Å². The highest BCUT2D eigenvalue weighted by Crippen LogP contribution is 2.25. The van der Waals surface area contributed by atoms with E-state index in [-0.39, 0.29) is 5.56 Å². The quantitative estimate of drug-likeness (QED) is 0.364. The molecule has 0 bridgehead atoms. The predicted molar refractivity (Wildman–Crippen MR) is 110 cm³/mol. The van der Waals surface area contributed by atoms with Crippen LogP contribution in [0.3, 0.4) is 0 Å². The molecule has 3 aromatic heterocycles. The molecule has 0 saturated heterocycles. The summed E-state index contributed by atoms with van der Waals surface area (Å²) in [6, 6.07) is 18.2. The van der Waals surface area contributed by atoms with E-state index in [2.05, 4.69) is 48.1 Å². The van der Waals surface area contributed by atoms with Crippen LogP contribution in [0.15, 0.2) is 64.8 Å². The second-order valence-corrected chi connectivity index (χ2v) is 8.83. The Bertz CT molecular complexity index is 1250. The zero-order valence-corrected chi connectivity index (χ0v) is 19.5. The van der Waals surface area contributed by atoms with Crippen LogP contribution in [0.2, 0.25) is 0 Å². The van der Waals surface area contributed by atoms with Gasteiger partial charge in [0.25, 0.3) is 5.69 Å². The van der Waals surface area contributed by atoms with Crippen molar-refractivity contribution >= 4 is 11.3 Å². The van der Waals surface area contributed by atoms with Gasteiger partial charge in [0.1, 0.15) is 5.69 Å². The number of thiophene rings is 1. The van der Waals surface area contributed by atoms with Gasteiger partial charge in [0, 0.05) is 43.5 Å². The molecule has 0 N–H and O–H groups in total. The molecule has 0 atom stereocenters. The first-order valence-electron chi connectivity index (χ1n) is 9.52. The monoisotopic (exact) mass is 475 g/mol.